The van der Waals surface area contributed by atoms with Crippen molar-refractivity contribution in [3.63, 3.8) is 0 Å². The number of aromatic nitrogens is 1. The Hall–Kier alpha value is -2.30. The minimum Gasteiger partial charge on any atom is -0.506 e. The zero-order chi connectivity index (χ0) is 12.4. The van der Waals surface area contributed by atoms with E-state index in [-0.39, 0.29) is 17.9 Å². The standard InChI is InChI=1S/C12H11NO4/c1-2-17-12(16)10-6-4-8-3-5-9(14)7-13(8)11(10)15/h3-7,14H,2H2,1H3. The molecule has 2 rings (SSSR count). The molecule has 0 saturated carbocycles. The lowest BCUT2D eigenvalue weighted by molar-refractivity contribution is 0.0524. The Morgan fingerprint density at radius 2 is 2.06 bits per heavy atom. The highest BCUT2D eigenvalue weighted by atomic mass is 16.5. The zero-order valence-corrected chi connectivity index (χ0v) is 9.21. The molecule has 0 bridgehead atoms. The summed E-state index contributed by atoms with van der Waals surface area (Å²) in [6.07, 6.45) is 1.26. The quantitative estimate of drug-likeness (QED) is 0.791. The van der Waals surface area contributed by atoms with Crippen LogP contribution in [0.4, 0.5) is 0 Å². The second-order valence-electron chi connectivity index (χ2n) is 3.45. The number of pyridine rings is 2. The van der Waals surface area contributed by atoms with Crippen molar-refractivity contribution in [2.45, 2.75) is 6.92 Å². The van der Waals surface area contributed by atoms with Crippen LogP contribution >= 0.6 is 0 Å². The van der Waals surface area contributed by atoms with Gasteiger partial charge in [-0.2, -0.15) is 0 Å². The van der Waals surface area contributed by atoms with Gasteiger partial charge in [0.25, 0.3) is 5.56 Å². The number of aromatic hydroxyl groups is 1. The lowest BCUT2D eigenvalue weighted by Gasteiger charge is -2.04. The molecule has 88 valence electrons. The van der Waals surface area contributed by atoms with E-state index in [1.165, 1.54) is 22.7 Å². The van der Waals surface area contributed by atoms with Gasteiger partial charge in [-0.05, 0) is 31.2 Å². The van der Waals surface area contributed by atoms with Crippen LogP contribution in [0.5, 0.6) is 5.75 Å². The van der Waals surface area contributed by atoms with Crippen molar-refractivity contribution in [2.24, 2.45) is 0 Å². The molecule has 0 unspecified atom stereocenters. The van der Waals surface area contributed by atoms with Crippen molar-refractivity contribution < 1.29 is 14.6 Å². The number of hydrogen-bond acceptors (Lipinski definition) is 4. The predicted octanol–water partition coefficient (Wildman–Crippen LogP) is 1.18. The maximum Gasteiger partial charge on any atom is 0.343 e. The van der Waals surface area contributed by atoms with Crippen LogP contribution in [-0.4, -0.2) is 22.1 Å². The maximum atomic E-state index is 11.9. The van der Waals surface area contributed by atoms with Gasteiger partial charge in [0, 0.05) is 5.52 Å². The highest BCUT2D eigenvalue weighted by Crippen LogP contribution is 2.10. The van der Waals surface area contributed by atoms with Crippen LogP contribution in [0.15, 0.2) is 35.3 Å². The number of hydrogen-bond donors (Lipinski definition) is 1. The Labute approximate surface area is 96.9 Å². The van der Waals surface area contributed by atoms with E-state index in [0.717, 1.165) is 0 Å². The molecule has 0 amide bonds. The fourth-order valence-corrected chi connectivity index (χ4v) is 1.55. The largest absolute Gasteiger partial charge is 0.506 e. The van der Waals surface area contributed by atoms with E-state index in [4.69, 9.17) is 4.74 Å². The fraction of sp³-hybridized carbons (Fsp3) is 0.167. The Morgan fingerprint density at radius 3 is 2.76 bits per heavy atom. The molecule has 5 heteroatoms. The summed E-state index contributed by atoms with van der Waals surface area (Å²) in [4.78, 5) is 23.4. The molecule has 0 aliphatic rings. The third kappa shape index (κ3) is 1.99. The normalized spacial score (nSPS) is 10.4. The number of carbonyl (C=O) groups is 1. The number of ether oxygens (including phenoxy) is 1. The number of fused-ring (bicyclic) bond motifs is 1. The molecule has 0 fully saturated rings. The van der Waals surface area contributed by atoms with Crippen LogP contribution in [0.3, 0.4) is 0 Å². The van der Waals surface area contributed by atoms with Crippen LogP contribution in [-0.2, 0) is 4.74 Å². The summed E-state index contributed by atoms with van der Waals surface area (Å²) in [6.45, 7) is 1.88. The second kappa shape index (κ2) is 4.29. The van der Waals surface area contributed by atoms with Gasteiger partial charge in [-0.15, -0.1) is 0 Å². The van der Waals surface area contributed by atoms with Gasteiger partial charge in [-0.3, -0.25) is 9.20 Å². The highest BCUT2D eigenvalue weighted by molar-refractivity contribution is 5.89. The van der Waals surface area contributed by atoms with Crippen molar-refractivity contribution in [1.82, 2.24) is 4.40 Å². The van der Waals surface area contributed by atoms with E-state index < -0.39 is 11.5 Å². The molecule has 0 aliphatic heterocycles. The lowest BCUT2D eigenvalue weighted by atomic mass is 10.2. The van der Waals surface area contributed by atoms with Gasteiger partial charge in [0.2, 0.25) is 0 Å². The number of nitrogens with zero attached hydrogens (tertiary/aromatic N) is 1. The molecule has 1 N–H and O–H groups in total. The molecule has 0 radical (unpaired) electrons. The van der Waals surface area contributed by atoms with Crippen LogP contribution < -0.4 is 5.56 Å². The average molecular weight is 233 g/mol. The molecule has 5 nitrogen and oxygen atoms in total. The number of esters is 1. The average Bonchev–Trinajstić information content (AvgIpc) is 2.30. The van der Waals surface area contributed by atoms with Crippen molar-refractivity contribution in [3.8, 4) is 5.75 Å². The fourth-order valence-electron chi connectivity index (χ4n) is 1.55. The summed E-state index contributed by atoms with van der Waals surface area (Å²) >= 11 is 0. The van der Waals surface area contributed by atoms with Gasteiger partial charge in [0.15, 0.2) is 0 Å². The summed E-state index contributed by atoms with van der Waals surface area (Å²) < 4.78 is 5.98. The maximum absolute atomic E-state index is 11.9. The molecule has 2 aromatic rings. The summed E-state index contributed by atoms with van der Waals surface area (Å²) in [5, 5.41) is 9.31. The molecule has 2 aromatic heterocycles. The highest BCUT2D eigenvalue weighted by Gasteiger charge is 2.12. The van der Waals surface area contributed by atoms with Crippen LogP contribution in [0.1, 0.15) is 17.3 Å². The van der Waals surface area contributed by atoms with Crippen LogP contribution in [0, 0.1) is 0 Å². The number of rotatable bonds is 2. The Balaban J connectivity index is 2.65. The van der Waals surface area contributed by atoms with Crippen molar-refractivity contribution in [3.05, 3.63) is 46.4 Å². The van der Waals surface area contributed by atoms with Gasteiger partial charge in [0.1, 0.15) is 11.3 Å². The second-order valence-corrected chi connectivity index (χ2v) is 3.45. The first-order valence-corrected chi connectivity index (χ1v) is 5.15. The SMILES string of the molecule is CCOC(=O)c1ccc2ccc(O)cn2c1=O. The Morgan fingerprint density at radius 1 is 1.35 bits per heavy atom. The van der Waals surface area contributed by atoms with E-state index in [2.05, 4.69) is 0 Å². The van der Waals surface area contributed by atoms with E-state index in [1.807, 2.05) is 0 Å². The van der Waals surface area contributed by atoms with Crippen LogP contribution in [0.25, 0.3) is 5.52 Å². The molecular formula is C12H11NO4. The Bertz CT molecular complexity index is 630. The van der Waals surface area contributed by atoms with Crippen LogP contribution in [0.2, 0.25) is 0 Å². The van der Waals surface area contributed by atoms with Gasteiger partial charge in [-0.1, -0.05) is 0 Å². The zero-order valence-electron chi connectivity index (χ0n) is 9.21. The smallest absolute Gasteiger partial charge is 0.343 e. The topological polar surface area (TPSA) is 68.0 Å². The van der Waals surface area contributed by atoms with Crippen molar-refractivity contribution in [1.29, 1.82) is 0 Å². The summed E-state index contributed by atoms with van der Waals surface area (Å²) in [6, 6.07) is 6.10. The minimum atomic E-state index is -0.657. The van der Waals surface area contributed by atoms with E-state index >= 15 is 0 Å². The summed E-state index contributed by atoms with van der Waals surface area (Å²) in [5.74, 6) is -0.698. The number of carbonyl (C=O) groups excluding carboxylic acids is 1. The molecule has 17 heavy (non-hydrogen) atoms. The predicted molar refractivity (Wildman–Crippen MR) is 61.3 cm³/mol. The van der Waals surface area contributed by atoms with E-state index in [0.29, 0.717) is 5.52 Å². The monoisotopic (exact) mass is 233 g/mol. The first-order chi connectivity index (χ1) is 8.13. The lowest BCUT2D eigenvalue weighted by Crippen LogP contribution is -2.23. The molecule has 0 aliphatic carbocycles. The van der Waals surface area contributed by atoms with Crippen molar-refractivity contribution >= 4 is 11.5 Å². The van der Waals surface area contributed by atoms with Gasteiger partial charge < -0.3 is 9.84 Å². The first-order valence-electron chi connectivity index (χ1n) is 5.15. The molecular weight excluding hydrogens is 222 g/mol. The summed E-state index contributed by atoms with van der Waals surface area (Å²) in [7, 11) is 0. The third-order valence-electron chi connectivity index (χ3n) is 2.33. The first kappa shape index (κ1) is 11.2. The molecule has 0 atom stereocenters. The Kier molecular flexibility index (Phi) is 2.82. The van der Waals surface area contributed by atoms with Crippen molar-refractivity contribution in [2.75, 3.05) is 6.61 Å². The van der Waals surface area contributed by atoms with E-state index in [9.17, 15) is 14.7 Å². The molecule has 0 spiro atoms. The van der Waals surface area contributed by atoms with Gasteiger partial charge >= 0.3 is 5.97 Å². The summed E-state index contributed by atoms with van der Waals surface area (Å²) in [5.41, 5.74) is 0.0487. The van der Waals surface area contributed by atoms with Gasteiger partial charge in [0.05, 0.1) is 12.8 Å². The minimum absolute atomic E-state index is 0.0411. The van der Waals surface area contributed by atoms with E-state index in [1.54, 1.807) is 19.1 Å². The van der Waals surface area contributed by atoms with Gasteiger partial charge in [-0.25, -0.2) is 4.79 Å². The molecule has 2 heterocycles. The third-order valence-corrected chi connectivity index (χ3v) is 2.33. The molecule has 0 aromatic carbocycles. The molecule has 0 saturated heterocycles.